The number of halogens is 1. The summed E-state index contributed by atoms with van der Waals surface area (Å²) in [6, 6.07) is 16.8. The summed E-state index contributed by atoms with van der Waals surface area (Å²) >= 11 is 0. The van der Waals surface area contributed by atoms with Crippen LogP contribution in [0, 0.1) is 33.5 Å². The standard InChI is InChI=1S/C28H31FN4O3/c1-18-7-5-8-19(2)27(18)31-25(35)16-33(15-24(34)30-23-13-11-22(29)12-14-23)17-26(36)32-28-20(3)9-6-10-21(28)4/h5-14H,15-17H2,1-4H3,(H,30,34)(H,31,35)(H,32,36). The van der Waals surface area contributed by atoms with Crippen molar-refractivity contribution in [2.45, 2.75) is 27.7 Å². The molecule has 0 unspecified atom stereocenters. The molecule has 3 N–H and O–H groups in total. The van der Waals surface area contributed by atoms with E-state index in [-0.39, 0.29) is 31.4 Å². The van der Waals surface area contributed by atoms with Crippen molar-refractivity contribution in [1.82, 2.24) is 4.90 Å². The Morgan fingerprint density at radius 1 is 0.611 bits per heavy atom. The van der Waals surface area contributed by atoms with Gasteiger partial charge in [-0.05, 0) is 74.2 Å². The van der Waals surface area contributed by atoms with Crippen LogP contribution in [0.25, 0.3) is 0 Å². The minimum atomic E-state index is -0.429. The molecule has 0 atom stereocenters. The summed E-state index contributed by atoms with van der Waals surface area (Å²) in [5, 5.41) is 8.46. The number of carbonyl (C=O) groups is 3. The van der Waals surface area contributed by atoms with Crippen LogP contribution in [-0.4, -0.2) is 42.3 Å². The number of rotatable bonds is 9. The van der Waals surface area contributed by atoms with Gasteiger partial charge in [-0.3, -0.25) is 19.3 Å². The summed E-state index contributed by atoms with van der Waals surface area (Å²) in [7, 11) is 0. The maximum absolute atomic E-state index is 13.2. The predicted octanol–water partition coefficient (Wildman–Crippen LogP) is 4.58. The predicted molar refractivity (Wildman–Crippen MR) is 141 cm³/mol. The van der Waals surface area contributed by atoms with Gasteiger partial charge in [0.05, 0.1) is 19.6 Å². The minimum Gasteiger partial charge on any atom is -0.325 e. The molecule has 188 valence electrons. The topological polar surface area (TPSA) is 90.5 Å². The number of aryl methyl sites for hydroxylation is 4. The Morgan fingerprint density at radius 2 is 0.972 bits per heavy atom. The van der Waals surface area contributed by atoms with Gasteiger partial charge in [-0.1, -0.05) is 36.4 Å². The van der Waals surface area contributed by atoms with Crippen molar-refractivity contribution in [2.24, 2.45) is 0 Å². The van der Waals surface area contributed by atoms with Gasteiger partial charge in [0, 0.05) is 17.1 Å². The molecule has 0 aliphatic heterocycles. The summed E-state index contributed by atoms with van der Waals surface area (Å²) in [6.45, 7) is 7.03. The van der Waals surface area contributed by atoms with Gasteiger partial charge in [-0.2, -0.15) is 0 Å². The second kappa shape index (κ2) is 12.1. The van der Waals surface area contributed by atoms with E-state index in [0.29, 0.717) is 17.1 Å². The quantitative estimate of drug-likeness (QED) is 0.410. The molecule has 0 radical (unpaired) electrons. The zero-order chi connectivity index (χ0) is 26.2. The second-order valence-corrected chi connectivity index (χ2v) is 8.83. The van der Waals surface area contributed by atoms with E-state index >= 15 is 0 Å². The third kappa shape index (κ3) is 7.48. The molecule has 0 fully saturated rings. The van der Waals surface area contributed by atoms with E-state index in [4.69, 9.17) is 0 Å². The Morgan fingerprint density at radius 3 is 1.36 bits per heavy atom. The van der Waals surface area contributed by atoms with E-state index in [2.05, 4.69) is 16.0 Å². The summed E-state index contributed by atoms with van der Waals surface area (Å²) in [6.07, 6.45) is 0. The van der Waals surface area contributed by atoms with Crippen molar-refractivity contribution in [3.63, 3.8) is 0 Å². The number of benzene rings is 3. The van der Waals surface area contributed by atoms with E-state index in [1.54, 1.807) is 0 Å². The first-order chi connectivity index (χ1) is 17.1. The van der Waals surface area contributed by atoms with Crippen molar-refractivity contribution in [1.29, 1.82) is 0 Å². The number of nitrogens with zero attached hydrogens (tertiary/aromatic N) is 1. The van der Waals surface area contributed by atoms with Gasteiger partial charge in [-0.25, -0.2) is 4.39 Å². The first kappa shape index (κ1) is 26.6. The molecule has 0 saturated heterocycles. The van der Waals surface area contributed by atoms with E-state index in [9.17, 15) is 18.8 Å². The lowest BCUT2D eigenvalue weighted by molar-refractivity contribution is -0.122. The van der Waals surface area contributed by atoms with Gasteiger partial charge in [0.2, 0.25) is 17.7 Å². The molecule has 0 saturated carbocycles. The van der Waals surface area contributed by atoms with Crippen LogP contribution in [0.15, 0.2) is 60.7 Å². The third-order valence-corrected chi connectivity index (χ3v) is 5.72. The highest BCUT2D eigenvalue weighted by Gasteiger charge is 2.20. The summed E-state index contributed by atoms with van der Waals surface area (Å²) in [4.78, 5) is 39.9. The van der Waals surface area contributed by atoms with Crippen LogP contribution in [0.3, 0.4) is 0 Å². The lowest BCUT2D eigenvalue weighted by atomic mass is 10.1. The fraction of sp³-hybridized carbons (Fsp3) is 0.250. The Kier molecular flexibility index (Phi) is 8.91. The van der Waals surface area contributed by atoms with Crippen LogP contribution in [0.2, 0.25) is 0 Å². The highest BCUT2D eigenvalue weighted by Crippen LogP contribution is 2.20. The van der Waals surface area contributed by atoms with Crippen molar-refractivity contribution in [3.05, 3.63) is 88.7 Å². The van der Waals surface area contributed by atoms with Crippen LogP contribution in [0.4, 0.5) is 21.5 Å². The lowest BCUT2D eigenvalue weighted by Crippen LogP contribution is -2.43. The van der Waals surface area contributed by atoms with Crippen molar-refractivity contribution >= 4 is 34.8 Å². The Hall–Kier alpha value is -4.04. The molecule has 3 rings (SSSR count). The molecule has 0 aliphatic rings. The normalized spacial score (nSPS) is 10.7. The van der Waals surface area contributed by atoms with Gasteiger partial charge in [0.15, 0.2) is 0 Å². The molecule has 36 heavy (non-hydrogen) atoms. The summed E-state index contributed by atoms with van der Waals surface area (Å²) in [5.41, 5.74) is 5.49. The third-order valence-electron chi connectivity index (χ3n) is 5.72. The molecule has 3 amide bonds. The maximum atomic E-state index is 13.2. The maximum Gasteiger partial charge on any atom is 0.238 e. The van der Waals surface area contributed by atoms with Crippen LogP contribution >= 0.6 is 0 Å². The van der Waals surface area contributed by atoms with E-state index in [1.807, 2.05) is 64.1 Å². The fourth-order valence-electron chi connectivity index (χ4n) is 3.89. The molecule has 0 aromatic heterocycles. The van der Waals surface area contributed by atoms with Crippen LogP contribution in [0.5, 0.6) is 0 Å². The van der Waals surface area contributed by atoms with Gasteiger partial charge < -0.3 is 16.0 Å². The summed E-state index contributed by atoms with van der Waals surface area (Å²) in [5.74, 6) is -1.54. The van der Waals surface area contributed by atoms with Crippen molar-refractivity contribution < 1.29 is 18.8 Å². The largest absolute Gasteiger partial charge is 0.325 e. The van der Waals surface area contributed by atoms with Crippen molar-refractivity contribution in [3.8, 4) is 0 Å². The Balaban J connectivity index is 1.72. The Labute approximate surface area is 210 Å². The molecular weight excluding hydrogens is 459 g/mol. The van der Waals surface area contributed by atoms with E-state index < -0.39 is 11.7 Å². The smallest absolute Gasteiger partial charge is 0.238 e. The van der Waals surface area contributed by atoms with Crippen molar-refractivity contribution in [2.75, 3.05) is 35.6 Å². The second-order valence-electron chi connectivity index (χ2n) is 8.83. The average Bonchev–Trinajstić information content (AvgIpc) is 2.80. The number of carbonyl (C=O) groups excluding carboxylic acids is 3. The van der Waals surface area contributed by atoms with Gasteiger partial charge in [0.1, 0.15) is 5.82 Å². The number of para-hydroxylation sites is 2. The van der Waals surface area contributed by atoms with Gasteiger partial charge in [-0.15, -0.1) is 0 Å². The summed E-state index contributed by atoms with van der Waals surface area (Å²) < 4.78 is 13.2. The van der Waals surface area contributed by atoms with Crippen LogP contribution < -0.4 is 16.0 Å². The van der Waals surface area contributed by atoms with Crippen LogP contribution in [0.1, 0.15) is 22.3 Å². The molecule has 0 aliphatic carbocycles. The van der Waals surface area contributed by atoms with Gasteiger partial charge in [0.25, 0.3) is 0 Å². The number of hydrogen-bond donors (Lipinski definition) is 3. The van der Waals surface area contributed by atoms with Crippen LogP contribution in [-0.2, 0) is 14.4 Å². The zero-order valence-electron chi connectivity index (χ0n) is 20.9. The van der Waals surface area contributed by atoms with E-state index in [0.717, 1.165) is 22.3 Å². The monoisotopic (exact) mass is 490 g/mol. The molecule has 0 bridgehead atoms. The minimum absolute atomic E-state index is 0.176. The highest BCUT2D eigenvalue weighted by molar-refractivity contribution is 5.98. The molecule has 7 nitrogen and oxygen atoms in total. The molecule has 8 heteroatoms. The number of anilines is 3. The number of nitrogens with one attached hydrogen (secondary N) is 3. The SMILES string of the molecule is Cc1cccc(C)c1NC(=O)CN(CC(=O)Nc1ccc(F)cc1)CC(=O)Nc1c(C)cccc1C. The number of hydrogen-bond acceptors (Lipinski definition) is 4. The van der Waals surface area contributed by atoms with E-state index in [1.165, 1.54) is 29.2 Å². The molecule has 0 heterocycles. The molecular formula is C28H31FN4O3. The fourth-order valence-corrected chi connectivity index (χ4v) is 3.89. The molecule has 0 spiro atoms. The first-order valence-electron chi connectivity index (χ1n) is 11.6. The highest BCUT2D eigenvalue weighted by atomic mass is 19.1. The molecule has 3 aromatic rings. The zero-order valence-corrected chi connectivity index (χ0v) is 20.9. The average molecular weight is 491 g/mol. The number of amides is 3. The Bertz CT molecular complexity index is 1150. The lowest BCUT2D eigenvalue weighted by Gasteiger charge is -2.22. The molecule has 3 aromatic carbocycles. The first-order valence-corrected chi connectivity index (χ1v) is 11.6. The van der Waals surface area contributed by atoms with Gasteiger partial charge >= 0.3 is 0 Å².